The lowest BCUT2D eigenvalue weighted by Gasteiger charge is -2.12. The van der Waals surface area contributed by atoms with E-state index in [-0.39, 0.29) is 17.3 Å². The average molecular weight is 417 g/mol. The highest BCUT2D eigenvalue weighted by molar-refractivity contribution is 5.79. The molecule has 154 valence electrons. The summed E-state index contributed by atoms with van der Waals surface area (Å²) in [5, 5.41) is 8.44. The number of halogens is 2. The van der Waals surface area contributed by atoms with Gasteiger partial charge in [-0.25, -0.2) is 13.6 Å². The van der Waals surface area contributed by atoms with Gasteiger partial charge in [0.15, 0.2) is 11.5 Å². The van der Waals surface area contributed by atoms with Crippen LogP contribution in [-0.4, -0.2) is 9.55 Å². The number of nitrogen functional groups attached to an aromatic ring is 1. The van der Waals surface area contributed by atoms with Crippen molar-refractivity contribution in [2.24, 2.45) is 17.3 Å². The van der Waals surface area contributed by atoms with Crippen molar-refractivity contribution < 1.29 is 8.78 Å². The van der Waals surface area contributed by atoms with Crippen LogP contribution in [0.15, 0.2) is 87.8 Å². The Kier molecular flexibility index (Phi) is 5.36. The van der Waals surface area contributed by atoms with Gasteiger partial charge >= 0.3 is 5.69 Å². The third kappa shape index (κ3) is 4.23. The van der Waals surface area contributed by atoms with Gasteiger partial charge in [-0.2, -0.15) is 10.1 Å². The molecule has 1 heterocycles. The molecule has 0 aliphatic rings. The number of hydrogen-bond donors (Lipinski definition) is 1. The Bertz CT molecular complexity index is 1310. The minimum atomic E-state index is -0.556. The minimum absolute atomic E-state index is 0.0749. The van der Waals surface area contributed by atoms with E-state index in [1.54, 1.807) is 24.3 Å². The highest BCUT2D eigenvalue weighted by atomic mass is 19.1. The van der Waals surface area contributed by atoms with E-state index in [2.05, 4.69) is 15.2 Å². The zero-order valence-electron chi connectivity index (χ0n) is 16.5. The van der Waals surface area contributed by atoms with Crippen LogP contribution in [0.1, 0.15) is 0 Å². The molecule has 4 aromatic rings. The molecule has 3 aromatic carbocycles. The fraction of sp³-hybridized carbons (Fsp3) is 0.0435. The molecule has 0 aliphatic carbocycles. The predicted molar refractivity (Wildman–Crippen MR) is 115 cm³/mol. The van der Waals surface area contributed by atoms with E-state index < -0.39 is 11.5 Å². The second kappa shape index (κ2) is 8.27. The first-order valence-corrected chi connectivity index (χ1v) is 9.32. The Balaban J connectivity index is 1.70. The van der Waals surface area contributed by atoms with E-state index in [0.29, 0.717) is 16.9 Å². The zero-order valence-corrected chi connectivity index (χ0v) is 16.5. The zero-order chi connectivity index (χ0) is 22.0. The minimum Gasteiger partial charge on any atom is -0.382 e. The van der Waals surface area contributed by atoms with Gasteiger partial charge in [0, 0.05) is 12.6 Å². The number of rotatable bonds is 4. The van der Waals surface area contributed by atoms with Gasteiger partial charge in [-0.15, -0.1) is 5.11 Å². The van der Waals surface area contributed by atoms with Crippen molar-refractivity contribution in [1.82, 2.24) is 9.55 Å². The highest BCUT2D eigenvalue weighted by Gasteiger charge is 2.15. The molecule has 0 fully saturated rings. The highest BCUT2D eigenvalue weighted by Crippen LogP contribution is 2.34. The van der Waals surface area contributed by atoms with E-state index >= 15 is 0 Å². The molecule has 1 aromatic heterocycles. The Morgan fingerprint density at radius 2 is 1.26 bits per heavy atom. The quantitative estimate of drug-likeness (QED) is 0.452. The smallest absolute Gasteiger partial charge is 0.349 e. The van der Waals surface area contributed by atoms with Gasteiger partial charge in [-0.3, -0.25) is 4.57 Å². The standard InChI is InChI=1S/C23H17F2N5O/c1-30-21(16-4-10-18(25)11-5-16)20(22(26)27-23(30)31)29-28-19-12-6-15(7-13-19)14-2-8-17(24)9-3-14/h2-13H,1H3,(H2,26,27,31). The Labute approximate surface area is 176 Å². The van der Waals surface area contributed by atoms with Crippen molar-refractivity contribution in [2.45, 2.75) is 0 Å². The summed E-state index contributed by atoms with van der Waals surface area (Å²) >= 11 is 0. The van der Waals surface area contributed by atoms with Crippen molar-refractivity contribution in [3.63, 3.8) is 0 Å². The fourth-order valence-electron chi connectivity index (χ4n) is 3.11. The third-order valence-electron chi connectivity index (χ3n) is 4.73. The Morgan fingerprint density at radius 3 is 1.81 bits per heavy atom. The lowest BCUT2D eigenvalue weighted by molar-refractivity contribution is 0.627. The van der Waals surface area contributed by atoms with Crippen LogP contribution in [0.2, 0.25) is 0 Å². The molecule has 0 radical (unpaired) electrons. The second-order valence-corrected chi connectivity index (χ2v) is 6.80. The van der Waals surface area contributed by atoms with E-state index in [9.17, 15) is 13.6 Å². The van der Waals surface area contributed by atoms with Crippen LogP contribution in [0.25, 0.3) is 22.4 Å². The molecule has 6 nitrogen and oxygen atoms in total. The van der Waals surface area contributed by atoms with Gasteiger partial charge < -0.3 is 5.73 Å². The molecule has 0 atom stereocenters. The summed E-state index contributed by atoms with van der Waals surface area (Å²) in [4.78, 5) is 15.9. The molecule has 0 saturated carbocycles. The monoisotopic (exact) mass is 417 g/mol. The van der Waals surface area contributed by atoms with E-state index in [4.69, 9.17) is 5.73 Å². The summed E-state index contributed by atoms with van der Waals surface area (Å²) in [7, 11) is 1.53. The largest absolute Gasteiger partial charge is 0.382 e. The number of anilines is 1. The molecular formula is C23H17F2N5O. The topological polar surface area (TPSA) is 85.6 Å². The summed E-state index contributed by atoms with van der Waals surface area (Å²) in [6.07, 6.45) is 0. The van der Waals surface area contributed by atoms with Crippen molar-refractivity contribution in [3.05, 3.63) is 94.9 Å². The number of nitrogens with zero attached hydrogens (tertiary/aromatic N) is 4. The molecule has 8 heteroatoms. The van der Waals surface area contributed by atoms with E-state index in [1.807, 2.05) is 12.1 Å². The molecule has 2 N–H and O–H groups in total. The van der Waals surface area contributed by atoms with Gasteiger partial charge in [0.05, 0.1) is 11.4 Å². The summed E-state index contributed by atoms with van der Waals surface area (Å²) in [5.74, 6) is -0.774. The first-order valence-electron chi connectivity index (χ1n) is 9.32. The number of aromatic nitrogens is 2. The lowest BCUT2D eigenvalue weighted by atomic mass is 10.1. The molecule has 4 rings (SSSR count). The maximum atomic E-state index is 13.3. The van der Waals surface area contributed by atoms with Gasteiger partial charge in [0.2, 0.25) is 0 Å². The average Bonchev–Trinajstić information content (AvgIpc) is 2.77. The normalized spacial score (nSPS) is 11.2. The first-order chi connectivity index (χ1) is 14.9. The number of hydrogen-bond acceptors (Lipinski definition) is 5. The van der Waals surface area contributed by atoms with Crippen LogP contribution in [-0.2, 0) is 7.05 Å². The molecule has 0 spiro atoms. The third-order valence-corrected chi connectivity index (χ3v) is 4.73. The molecule has 0 aliphatic heterocycles. The number of nitrogens with two attached hydrogens (primary N) is 1. The summed E-state index contributed by atoms with van der Waals surface area (Å²) in [6.45, 7) is 0. The molecule has 0 unspecified atom stereocenters. The van der Waals surface area contributed by atoms with Crippen LogP contribution in [0.5, 0.6) is 0 Å². The van der Waals surface area contributed by atoms with Crippen LogP contribution in [0.3, 0.4) is 0 Å². The number of benzene rings is 3. The SMILES string of the molecule is Cn1c(-c2ccc(F)cc2)c(N=Nc2ccc(-c3ccc(F)cc3)cc2)c(N)nc1=O. The summed E-state index contributed by atoms with van der Waals surface area (Å²) in [5.41, 5.74) is 8.84. The van der Waals surface area contributed by atoms with Crippen LogP contribution in [0.4, 0.5) is 26.0 Å². The first kappa shape index (κ1) is 20.1. The van der Waals surface area contributed by atoms with Crippen molar-refractivity contribution >= 4 is 17.2 Å². The maximum Gasteiger partial charge on any atom is 0.349 e. The van der Waals surface area contributed by atoms with Gasteiger partial charge in [-0.1, -0.05) is 24.3 Å². The Hall–Kier alpha value is -4.20. The lowest BCUT2D eigenvalue weighted by Crippen LogP contribution is -2.23. The van der Waals surface area contributed by atoms with Gasteiger partial charge in [0.25, 0.3) is 0 Å². The van der Waals surface area contributed by atoms with Gasteiger partial charge in [0.1, 0.15) is 11.6 Å². The Morgan fingerprint density at radius 1 is 0.774 bits per heavy atom. The second-order valence-electron chi connectivity index (χ2n) is 6.80. The summed E-state index contributed by atoms with van der Waals surface area (Å²) < 4.78 is 27.7. The summed E-state index contributed by atoms with van der Waals surface area (Å²) in [6, 6.07) is 19.0. The van der Waals surface area contributed by atoms with Crippen molar-refractivity contribution in [2.75, 3.05) is 5.73 Å². The van der Waals surface area contributed by atoms with E-state index in [0.717, 1.165) is 11.1 Å². The molecular weight excluding hydrogens is 400 g/mol. The molecule has 0 bridgehead atoms. The van der Waals surface area contributed by atoms with Gasteiger partial charge in [-0.05, 0) is 59.7 Å². The molecule has 0 saturated heterocycles. The van der Waals surface area contributed by atoms with Crippen molar-refractivity contribution in [1.29, 1.82) is 0 Å². The molecule has 0 amide bonds. The van der Waals surface area contributed by atoms with Crippen LogP contribution in [0, 0.1) is 11.6 Å². The number of azo groups is 1. The molecule has 31 heavy (non-hydrogen) atoms. The van der Waals surface area contributed by atoms with E-state index in [1.165, 1.54) is 48.0 Å². The predicted octanol–water partition coefficient (Wildman–Crippen LogP) is 5.39. The fourth-order valence-corrected chi connectivity index (χ4v) is 3.11. The maximum absolute atomic E-state index is 13.3. The van der Waals surface area contributed by atoms with Crippen LogP contribution < -0.4 is 11.4 Å². The van der Waals surface area contributed by atoms with Crippen molar-refractivity contribution in [3.8, 4) is 22.4 Å². The van der Waals surface area contributed by atoms with Crippen LogP contribution >= 0.6 is 0 Å².